The SMILES string of the molecule is CCS(=O)(=O)C1CCN(C2=NS(=O)(=O)c3ccccc32)CC1. The first-order chi connectivity index (χ1) is 10.3. The average Bonchev–Trinajstić information content (AvgIpc) is 2.80. The molecule has 1 saturated heterocycles. The average molecular weight is 342 g/mol. The van der Waals surface area contributed by atoms with Crippen molar-refractivity contribution >= 4 is 25.7 Å². The fourth-order valence-electron chi connectivity index (χ4n) is 2.98. The molecule has 2 aliphatic rings. The summed E-state index contributed by atoms with van der Waals surface area (Å²) in [5.74, 6) is 0.596. The predicted molar refractivity (Wildman–Crippen MR) is 84.2 cm³/mol. The molecule has 6 nitrogen and oxygen atoms in total. The Morgan fingerprint density at radius 3 is 2.50 bits per heavy atom. The van der Waals surface area contributed by atoms with Gasteiger partial charge < -0.3 is 4.90 Å². The number of benzene rings is 1. The second kappa shape index (κ2) is 5.34. The third-order valence-electron chi connectivity index (χ3n) is 4.26. The highest BCUT2D eigenvalue weighted by Gasteiger charge is 2.35. The normalized spacial score (nSPS) is 21.5. The number of likely N-dealkylation sites (tertiary alicyclic amines) is 1. The van der Waals surface area contributed by atoms with Crippen molar-refractivity contribution in [2.24, 2.45) is 4.40 Å². The van der Waals surface area contributed by atoms with Gasteiger partial charge in [-0.15, -0.1) is 4.40 Å². The van der Waals surface area contributed by atoms with E-state index in [0.717, 1.165) is 0 Å². The fourth-order valence-corrected chi connectivity index (χ4v) is 5.61. The van der Waals surface area contributed by atoms with E-state index in [9.17, 15) is 16.8 Å². The highest BCUT2D eigenvalue weighted by Crippen LogP contribution is 2.29. The Morgan fingerprint density at radius 2 is 1.86 bits per heavy atom. The third kappa shape index (κ3) is 2.54. The van der Waals surface area contributed by atoms with Crippen molar-refractivity contribution in [2.45, 2.75) is 29.9 Å². The van der Waals surface area contributed by atoms with Crippen LogP contribution in [0.25, 0.3) is 0 Å². The van der Waals surface area contributed by atoms with Gasteiger partial charge in [0.05, 0.1) is 5.25 Å². The number of hydrogen-bond donors (Lipinski definition) is 0. The van der Waals surface area contributed by atoms with E-state index in [2.05, 4.69) is 4.40 Å². The predicted octanol–water partition coefficient (Wildman–Crippen LogP) is 1.03. The number of hydrogen-bond acceptors (Lipinski definition) is 5. The van der Waals surface area contributed by atoms with Gasteiger partial charge in [-0.2, -0.15) is 8.42 Å². The zero-order valence-corrected chi connectivity index (χ0v) is 13.9. The Kier molecular flexibility index (Phi) is 3.76. The molecule has 0 spiro atoms. The van der Waals surface area contributed by atoms with Gasteiger partial charge in [-0.3, -0.25) is 0 Å². The molecule has 22 heavy (non-hydrogen) atoms. The summed E-state index contributed by atoms with van der Waals surface area (Å²) in [4.78, 5) is 2.11. The number of nitrogens with zero attached hydrogens (tertiary/aromatic N) is 2. The van der Waals surface area contributed by atoms with Crippen LogP contribution in [0.3, 0.4) is 0 Å². The molecule has 0 N–H and O–H groups in total. The van der Waals surface area contributed by atoms with E-state index in [1.54, 1.807) is 31.2 Å². The van der Waals surface area contributed by atoms with E-state index in [0.29, 0.717) is 37.3 Å². The van der Waals surface area contributed by atoms with Crippen molar-refractivity contribution in [1.82, 2.24) is 4.90 Å². The van der Waals surface area contributed by atoms with Crippen LogP contribution in [0.15, 0.2) is 33.6 Å². The lowest BCUT2D eigenvalue weighted by molar-refractivity contribution is 0.342. The van der Waals surface area contributed by atoms with E-state index in [4.69, 9.17) is 0 Å². The Bertz CT molecular complexity index is 820. The number of piperidine rings is 1. The minimum atomic E-state index is -3.62. The van der Waals surface area contributed by atoms with Crippen molar-refractivity contribution in [3.05, 3.63) is 29.8 Å². The van der Waals surface area contributed by atoms with Crippen molar-refractivity contribution in [3.63, 3.8) is 0 Å². The van der Waals surface area contributed by atoms with Crippen LogP contribution in [-0.2, 0) is 19.9 Å². The van der Waals surface area contributed by atoms with Gasteiger partial charge in [0, 0.05) is 24.4 Å². The Labute approximate surface area is 130 Å². The molecule has 0 atom stereocenters. The monoisotopic (exact) mass is 342 g/mol. The number of sulfone groups is 1. The zero-order chi connectivity index (χ0) is 16.0. The molecule has 0 unspecified atom stereocenters. The first-order valence-corrected chi connectivity index (χ1v) is 10.4. The molecule has 0 aliphatic carbocycles. The molecule has 8 heteroatoms. The maximum atomic E-state index is 12.1. The minimum absolute atomic E-state index is 0.149. The van der Waals surface area contributed by atoms with Crippen LogP contribution in [0.4, 0.5) is 0 Å². The van der Waals surface area contributed by atoms with Gasteiger partial charge in [0.1, 0.15) is 4.90 Å². The summed E-state index contributed by atoms with van der Waals surface area (Å²) in [7, 11) is -6.66. The van der Waals surface area contributed by atoms with E-state index < -0.39 is 19.9 Å². The van der Waals surface area contributed by atoms with E-state index in [1.807, 2.05) is 4.90 Å². The molecular formula is C14H18N2O4S2. The Hall–Kier alpha value is -1.41. The van der Waals surface area contributed by atoms with Crippen molar-refractivity contribution in [1.29, 1.82) is 0 Å². The lowest BCUT2D eigenvalue weighted by atomic mass is 10.1. The lowest BCUT2D eigenvalue weighted by Crippen LogP contribution is -2.42. The van der Waals surface area contributed by atoms with Crippen LogP contribution in [0.5, 0.6) is 0 Å². The summed E-state index contributed by atoms with van der Waals surface area (Å²) in [6.07, 6.45) is 1.02. The summed E-state index contributed by atoms with van der Waals surface area (Å²) in [5.41, 5.74) is 0.610. The quantitative estimate of drug-likeness (QED) is 0.802. The maximum Gasteiger partial charge on any atom is 0.285 e. The molecule has 0 amide bonds. The highest BCUT2D eigenvalue weighted by molar-refractivity contribution is 7.92. The zero-order valence-electron chi connectivity index (χ0n) is 12.3. The smallest absolute Gasteiger partial charge is 0.285 e. The molecule has 1 aromatic rings. The van der Waals surface area contributed by atoms with Crippen LogP contribution in [0.2, 0.25) is 0 Å². The maximum absolute atomic E-state index is 12.1. The third-order valence-corrected chi connectivity index (χ3v) is 7.88. The second-order valence-electron chi connectivity index (χ2n) is 5.52. The highest BCUT2D eigenvalue weighted by atomic mass is 32.2. The van der Waals surface area contributed by atoms with Gasteiger partial charge in [0.25, 0.3) is 10.0 Å². The summed E-state index contributed by atoms with van der Waals surface area (Å²) in [6, 6.07) is 6.75. The van der Waals surface area contributed by atoms with Gasteiger partial charge in [0.15, 0.2) is 15.7 Å². The molecule has 0 radical (unpaired) electrons. The Balaban J connectivity index is 1.84. The summed E-state index contributed by atoms with van der Waals surface area (Å²) in [5, 5.41) is -0.331. The summed E-state index contributed by atoms with van der Waals surface area (Å²) in [6.45, 7) is 2.67. The molecule has 120 valence electrons. The van der Waals surface area contributed by atoms with Gasteiger partial charge in [-0.05, 0) is 25.0 Å². The number of fused-ring (bicyclic) bond motifs is 1. The Morgan fingerprint density at radius 1 is 1.23 bits per heavy atom. The fraction of sp³-hybridized carbons (Fsp3) is 0.500. The van der Waals surface area contributed by atoms with E-state index in [1.165, 1.54) is 0 Å². The van der Waals surface area contributed by atoms with Gasteiger partial charge >= 0.3 is 0 Å². The van der Waals surface area contributed by atoms with E-state index in [-0.39, 0.29) is 15.9 Å². The van der Waals surface area contributed by atoms with Crippen molar-refractivity contribution in [2.75, 3.05) is 18.8 Å². The number of sulfonamides is 1. The van der Waals surface area contributed by atoms with Gasteiger partial charge in [-0.25, -0.2) is 8.42 Å². The second-order valence-corrected chi connectivity index (χ2v) is 9.67. The van der Waals surface area contributed by atoms with E-state index >= 15 is 0 Å². The van der Waals surface area contributed by atoms with Gasteiger partial charge in [0.2, 0.25) is 0 Å². The molecule has 3 rings (SSSR count). The van der Waals surface area contributed by atoms with Crippen LogP contribution in [-0.4, -0.2) is 51.7 Å². The lowest BCUT2D eigenvalue weighted by Gasteiger charge is -2.32. The minimum Gasteiger partial charge on any atom is -0.355 e. The molecule has 0 saturated carbocycles. The first kappa shape index (κ1) is 15.5. The van der Waals surface area contributed by atoms with Crippen LogP contribution in [0.1, 0.15) is 25.3 Å². The summed E-state index contributed by atoms with van der Waals surface area (Å²) >= 11 is 0. The van der Waals surface area contributed by atoms with Crippen LogP contribution >= 0.6 is 0 Å². The molecule has 1 fully saturated rings. The number of rotatable bonds is 2. The first-order valence-electron chi connectivity index (χ1n) is 7.26. The van der Waals surface area contributed by atoms with Crippen LogP contribution in [0, 0.1) is 0 Å². The topological polar surface area (TPSA) is 83.9 Å². The molecule has 2 heterocycles. The van der Waals surface area contributed by atoms with Gasteiger partial charge in [-0.1, -0.05) is 19.1 Å². The standard InChI is InChI=1S/C14H18N2O4S2/c1-2-21(17,18)11-7-9-16(10-8-11)14-12-5-3-4-6-13(12)22(19,20)15-14/h3-6,11H,2,7-10H2,1H3. The number of amidine groups is 1. The molecule has 0 aromatic heterocycles. The molecular weight excluding hydrogens is 324 g/mol. The van der Waals surface area contributed by atoms with Crippen LogP contribution < -0.4 is 0 Å². The molecule has 0 bridgehead atoms. The largest absolute Gasteiger partial charge is 0.355 e. The van der Waals surface area contributed by atoms with Crippen molar-refractivity contribution in [3.8, 4) is 0 Å². The van der Waals surface area contributed by atoms with Crippen molar-refractivity contribution < 1.29 is 16.8 Å². The molecule has 1 aromatic carbocycles. The molecule has 2 aliphatic heterocycles. The summed E-state index contributed by atoms with van der Waals surface area (Å²) < 4.78 is 51.9.